The topological polar surface area (TPSA) is 106 Å². The molecular formula is C14H21FN2O4S2. The molecule has 6 nitrogen and oxygen atoms in total. The van der Waals surface area contributed by atoms with Gasteiger partial charge in [0.15, 0.2) is 9.84 Å². The fourth-order valence-corrected chi connectivity index (χ4v) is 4.94. The fourth-order valence-electron chi connectivity index (χ4n) is 2.86. The highest BCUT2D eigenvalue weighted by atomic mass is 32.2. The first-order valence-electron chi connectivity index (χ1n) is 7.37. The maximum Gasteiger partial charge on any atom is 0.240 e. The van der Waals surface area contributed by atoms with Crippen molar-refractivity contribution in [2.24, 2.45) is 11.7 Å². The Morgan fingerprint density at radius 3 is 2.43 bits per heavy atom. The number of hydrogen-bond acceptors (Lipinski definition) is 5. The average molecular weight is 364 g/mol. The van der Waals surface area contributed by atoms with Crippen LogP contribution in [-0.2, 0) is 19.9 Å². The molecule has 2 rings (SSSR count). The Kier molecular flexibility index (Phi) is 5.44. The van der Waals surface area contributed by atoms with Crippen LogP contribution < -0.4 is 10.5 Å². The highest BCUT2D eigenvalue weighted by molar-refractivity contribution is 7.90. The number of sulfone groups is 1. The van der Waals surface area contributed by atoms with Crippen LogP contribution in [0.4, 0.5) is 4.39 Å². The lowest BCUT2D eigenvalue weighted by molar-refractivity contribution is 0.296. The van der Waals surface area contributed by atoms with E-state index in [1.165, 1.54) is 0 Å². The second-order valence-electron chi connectivity index (χ2n) is 5.87. The van der Waals surface area contributed by atoms with Crippen molar-refractivity contribution in [3.8, 4) is 0 Å². The van der Waals surface area contributed by atoms with Crippen LogP contribution in [-0.4, -0.2) is 35.7 Å². The van der Waals surface area contributed by atoms with E-state index in [1.54, 1.807) is 0 Å². The first kappa shape index (κ1) is 18.3. The van der Waals surface area contributed by atoms with Gasteiger partial charge in [-0.15, -0.1) is 0 Å². The first-order chi connectivity index (χ1) is 10.6. The molecule has 0 amide bonds. The van der Waals surface area contributed by atoms with Crippen molar-refractivity contribution in [2.45, 2.75) is 41.5 Å². The molecule has 0 radical (unpaired) electrons. The second-order valence-corrected chi connectivity index (χ2v) is 9.57. The summed E-state index contributed by atoms with van der Waals surface area (Å²) < 4.78 is 64.1. The van der Waals surface area contributed by atoms with Gasteiger partial charge in [-0.2, -0.15) is 0 Å². The van der Waals surface area contributed by atoms with Gasteiger partial charge in [0.05, 0.1) is 4.90 Å². The number of sulfonamides is 1. The third-order valence-corrected chi connectivity index (χ3v) is 6.75. The molecule has 0 spiro atoms. The summed E-state index contributed by atoms with van der Waals surface area (Å²) in [5, 5.41) is 0. The summed E-state index contributed by atoms with van der Waals surface area (Å²) in [6.07, 6.45) is 4.32. The van der Waals surface area contributed by atoms with Crippen LogP contribution in [0.3, 0.4) is 0 Å². The maximum atomic E-state index is 13.9. The Balaban J connectivity index is 2.28. The highest BCUT2D eigenvalue weighted by Gasteiger charge is 2.29. The van der Waals surface area contributed by atoms with Crippen LogP contribution in [0.25, 0.3) is 0 Å². The van der Waals surface area contributed by atoms with Gasteiger partial charge >= 0.3 is 0 Å². The summed E-state index contributed by atoms with van der Waals surface area (Å²) in [4.78, 5) is -0.808. The lowest BCUT2D eigenvalue weighted by Gasteiger charge is -2.31. The molecule has 1 saturated carbocycles. The zero-order chi connectivity index (χ0) is 17.3. The van der Waals surface area contributed by atoms with Gasteiger partial charge in [-0.05, 0) is 43.5 Å². The van der Waals surface area contributed by atoms with Crippen molar-refractivity contribution in [2.75, 3.05) is 12.8 Å². The molecule has 1 aliphatic carbocycles. The van der Waals surface area contributed by atoms with Gasteiger partial charge in [0.25, 0.3) is 0 Å². The van der Waals surface area contributed by atoms with Crippen LogP contribution in [0.2, 0.25) is 0 Å². The van der Waals surface area contributed by atoms with Gasteiger partial charge in [0.1, 0.15) is 10.7 Å². The molecule has 1 aliphatic rings. The van der Waals surface area contributed by atoms with E-state index in [9.17, 15) is 21.2 Å². The molecule has 2 atom stereocenters. The maximum absolute atomic E-state index is 13.9. The van der Waals surface area contributed by atoms with Crippen molar-refractivity contribution in [3.63, 3.8) is 0 Å². The molecule has 0 aliphatic heterocycles. The van der Waals surface area contributed by atoms with Crippen LogP contribution in [0.1, 0.15) is 25.7 Å². The van der Waals surface area contributed by atoms with Crippen LogP contribution >= 0.6 is 0 Å². The molecule has 3 N–H and O–H groups in total. The molecule has 0 saturated heterocycles. The van der Waals surface area contributed by atoms with Gasteiger partial charge < -0.3 is 5.73 Å². The van der Waals surface area contributed by atoms with Gasteiger partial charge in [-0.25, -0.2) is 25.9 Å². The average Bonchev–Trinajstić information content (AvgIpc) is 2.46. The summed E-state index contributed by atoms with van der Waals surface area (Å²) in [7, 11) is -7.67. The molecule has 1 fully saturated rings. The lowest BCUT2D eigenvalue weighted by atomic mass is 9.85. The second kappa shape index (κ2) is 6.84. The summed E-state index contributed by atoms with van der Waals surface area (Å²) in [6.45, 7) is 0.383. The predicted octanol–water partition coefficient (Wildman–Crippen LogP) is 1.02. The Hall–Kier alpha value is -1.03. The first-order valence-corrected chi connectivity index (χ1v) is 10.7. The van der Waals surface area contributed by atoms with E-state index in [2.05, 4.69) is 4.72 Å². The van der Waals surface area contributed by atoms with Gasteiger partial charge in [0, 0.05) is 12.3 Å². The molecule has 23 heavy (non-hydrogen) atoms. The van der Waals surface area contributed by atoms with Crippen molar-refractivity contribution in [1.29, 1.82) is 0 Å². The van der Waals surface area contributed by atoms with E-state index in [0.717, 1.165) is 43.7 Å². The van der Waals surface area contributed by atoms with Crippen molar-refractivity contribution in [3.05, 3.63) is 24.0 Å². The number of nitrogens with two attached hydrogens (primary N) is 1. The Morgan fingerprint density at radius 1 is 1.22 bits per heavy atom. The van der Waals surface area contributed by atoms with Crippen LogP contribution in [0.5, 0.6) is 0 Å². The molecule has 0 heterocycles. The van der Waals surface area contributed by atoms with Crippen LogP contribution in [0.15, 0.2) is 28.0 Å². The van der Waals surface area contributed by atoms with E-state index in [1.807, 2.05) is 0 Å². The van der Waals surface area contributed by atoms with Crippen molar-refractivity contribution >= 4 is 19.9 Å². The standard InChI is InChI=1S/C14H21FN2O4S2/c1-22(18,19)14-7-6-11(8-12(14)15)23(20,21)17-13-5-3-2-4-10(13)9-16/h6-8,10,13,17H,2-5,9,16H2,1H3. The summed E-state index contributed by atoms with van der Waals surface area (Å²) in [6, 6.07) is 2.53. The number of rotatable bonds is 5. The van der Waals surface area contributed by atoms with E-state index in [4.69, 9.17) is 5.73 Å². The summed E-state index contributed by atoms with van der Waals surface area (Å²) >= 11 is 0. The number of benzene rings is 1. The molecule has 130 valence electrons. The van der Waals surface area contributed by atoms with Crippen molar-refractivity contribution in [1.82, 2.24) is 4.72 Å². The fraction of sp³-hybridized carbons (Fsp3) is 0.571. The molecule has 0 bridgehead atoms. The Bertz CT molecular complexity index is 778. The summed E-state index contributed by atoms with van der Waals surface area (Å²) in [5.74, 6) is -1.02. The zero-order valence-corrected chi connectivity index (χ0v) is 14.5. The van der Waals surface area contributed by atoms with Gasteiger partial charge in [-0.3, -0.25) is 0 Å². The minimum Gasteiger partial charge on any atom is -0.330 e. The monoisotopic (exact) mass is 364 g/mol. The van der Waals surface area contributed by atoms with E-state index >= 15 is 0 Å². The smallest absolute Gasteiger partial charge is 0.240 e. The normalized spacial score (nSPS) is 22.9. The number of halogens is 1. The van der Waals surface area contributed by atoms with Crippen LogP contribution in [0, 0.1) is 11.7 Å². The molecule has 0 aromatic heterocycles. The summed E-state index contributed by atoms with van der Waals surface area (Å²) in [5.41, 5.74) is 5.68. The molecular weight excluding hydrogens is 343 g/mol. The van der Waals surface area contributed by atoms with Gasteiger partial charge in [0.2, 0.25) is 10.0 Å². The van der Waals surface area contributed by atoms with E-state index < -0.39 is 30.6 Å². The lowest BCUT2D eigenvalue weighted by Crippen LogP contribution is -2.44. The Morgan fingerprint density at radius 2 is 1.87 bits per heavy atom. The number of nitrogens with one attached hydrogen (secondary N) is 1. The highest BCUT2D eigenvalue weighted by Crippen LogP contribution is 2.26. The third kappa shape index (κ3) is 4.28. The van der Waals surface area contributed by atoms with Gasteiger partial charge in [-0.1, -0.05) is 12.8 Å². The quantitative estimate of drug-likeness (QED) is 0.811. The Labute approximate surface area is 136 Å². The molecule has 9 heteroatoms. The molecule has 1 aromatic rings. The minimum absolute atomic E-state index is 0.0543. The predicted molar refractivity (Wildman–Crippen MR) is 84.6 cm³/mol. The molecule has 2 unspecified atom stereocenters. The zero-order valence-electron chi connectivity index (χ0n) is 12.8. The molecule has 1 aromatic carbocycles. The minimum atomic E-state index is -3.93. The van der Waals surface area contributed by atoms with E-state index in [0.29, 0.717) is 13.0 Å². The van der Waals surface area contributed by atoms with Crippen molar-refractivity contribution < 1.29 is 21.2 Å². The van der Waals surface area contributed by atoms with E-state index in [-0.39, 0.29) is 16.9 Å². The SMILES string of the molecule is CS(=O)(=O)c1ccc(S(=O)(=O)NC2CCCCC2CN)cc1F. The third-order valence-electron chi connectivity index (χ3n) is 4.13. The number of hydrogen-bond donors (Lipinski definition) is 2. The largest absolute Gasteiger partial charge is 0.330 e.